The molecule has 21 heavy (non-hydrogen) atoms. The third-order valence-corrected chi connectivity index (χ3v) is 3.38. The Morgan fingerprint density at radius 2 is 2.00 bits per heavy atom. The minimum absolute atomic E-state index is 0.571. The summed E-state index contributed by atoms with van der Waals surface area (Å²) in [5, 5.41) is 4.54. The number of rotatable bonds is 5. The molecule has 0 unspecified atom stereocenters. The number of benzene rings is 1. The van der Waals surface area contributed by atoms with Crippen LogP contribution in [0.4, 0.5) is 5.95 Å². The van der Waals surface area contributed by atoms with E-state index in [0.29, 0.717) is 6.54 Å². The molecule has 2 N–H and O–H groups in total. The Bertz CT molecular complexity index is 720. The van der Waals surface area contributed by atoms with Crippen LogP contribution in [0.15, 0.2) is 48.7 Å². The van der Waals surface area contributed by atoms with E-state index in [2.05, 4.69) is 34.0 Å². The molecule has 0 saturated carbocycles. The van der Waals surface area contributed by atoms with Crippen molar-refractivity contribution in [1.29, 1.82) is 0 Å². The molecule has 0 fully saturated rings. The molecular weight excluding hydrogens is 262 g/mol. The second kappa shape index (κ2) is 5.93. The number of aromatic nitrogens is 3. The van der Waals surface area contributed by atoms with Crippen LogP contribution < -0.4 is 10.6 Å². The highest BCUT2D eigenvalue weighted by atomic mass is 15.4. The molecule has 0 atom stereocenters. The zero-order chi connectivity index (χ0) is 14.7. The first-order chi connectivity index (χ1) is 10.3. The Morgan fingerprint density at radius 1 is 1.19 bits per heavy atom. The van der Waals surface area contributed by atoms with E-state index in [1.165, 1.54) is 11.1 Å². The first-order valence-corrected chi connectivity index (χ1v) is 7.08. The van der Waals surface area contributed by atoms with Gasteiger partial charge in [-0.25, -0.2) is 4.52 Å². The summed E-state index contributed by atoms with van der Waals surface area (Å²) in [6, 6.07) is 14.3. The zero-order valence-corrected chi connectivity index (χ0v) is 12.1. The van der Waals surface area contributed by atoms with E-state index in [4.69, 9.17) is 5.73 Å². The molecular formula is C16H19N5. The van der Waals surface area contributed by atoms with E-state index >= 15 is 0 Å². The van der Waals surface area contributed by atoms with E-state index in [9.17, 15) is 0 Å². The van der Waals surface area contributed by atoms with Gasteiger partial charge >= 0.3 is 0 Å². The zero-order valence-electron chi connectivity index (χ0n) is 12.1. The third kappa shape index (κ3) is 3.03. The van der Waals surface area contributed by atoms with Crippen molar-refractivity contribution in [1.82, 2.24) is 14.6 Å². The van der Waals surface area contributed by atoms with Crippen LogP contribution in [-0.4, -0.2) is 27.7 Å². The van der Waals surface area contributed by atoms with Crippen molar-refractivity contribution in [3.63, 3.8) is 0 Å². The van der Waals surface area contributed by atoms with Gasteiger partial charge in [0.2, 0.25) is 5.95 Å². The van der Waals surface area contributed by atoms with Crippen LogP contribution in [0.1, 0.15) is 11.1 Å². The maximum atomic E-state index is 5.73. The summed E-state index contributed by atoms with van der Waals surface area (Å²) in [4.78, 5) is 6.72. The van der Waals surface area contributed by atoms with Crippen LogP contribution in [0.2, 0.25) is 0 Å². The van der Waals surface area contributed by atoms with Gasteiger partial charge in [-0.2, -0.15) is 4.98 Å². The maximum absolute atomic E-state index is 5.73. The lowest BCUT2D eigenvalue weighted by Crippen LogP contribution is -2.29. The summed E-state index contributed by atoms with van der Waals surface area (Å²) in [6.07, 6.45) is 1.93. The fraction of sp³-hybridized carbons (Fsp3) is 0.250. The van der Waals surface area contributed by atoms with Gasteiger partial charge in [-0.15, -0.1) is 5.10 Å². The van der Waals surface area contributed by atoms with Crippen molar-refractivity contribution in [3.8, 4) is 0 Å². The van der Waals surface area contributed by atoms with Crippen molar-refractivity contribution in [3.05, 3.63) is 59.8 Å². The van der Waals surface area contributed by atoms with Crippen LogP contribution in [0.3, 0.4) is 0 Å². The Hall–Kier alpha value is -2.40. The third-order valence-electron chi connectivity index (χ3n) is 3.38. The second-order valence-electron chi connectivity index (χ2n) is 5.11. The highest BCUT2D eigenvalue weighted by Gasteiger charge is 2.12. The van der Waals surface area contributed by atoms with Gasteiger partial charge in [0.1, 0.15) is 0 Å². The first kappa shape index (κ1) is 13.6. The Morgan fingerprint density at radius 3 is 2.76 bits per heavy atom. The summed E-state index contributed by atoms with van der Waals surface area (Å²) in [5.41, 5.74) is 8.99. The lowest BCUT2D eigenvalue weighted by Gasteiger charge is -2.20. The monoisotopic (exact) mass is 281 g/mol. The van der Waals surface area contributed by atoms with Crippen molar-refractivity contribution in [2.24, 2.45) is 5.73 Å². The average molecular weight is 281 g/mol. The Balaban J connectivity index is 1.91. The fourth-order valence-electron chi connectivity index (χ4n) is 2.32. The molecule has 2 heterocycles. The second-order valence-corrected chi connectivity index (χ2v) is 5.11. The SMILES string of the molecule is Cc1ccn2nc(N(CCN)Cc3ccccc3)nc2c1. The van der Waals surface area contributed by atoms with Crippen LogP contribution >= 0.6 is 0 Å². The van der Waals surface area contributed by atoms with E-state index in [0.717, 1.165) is 24.7 Å². The number of aryl methyl sites for hydroxylation is 1. The molecule has 0 spiro atoms. The van der Waals surface area contributed by atoms with Gasteiger partial charge in [-0.3, -0.25) is 0 Å². The number of pyridine rings is 1. The molecule has 0 radical (unpaired) electrons. The topological polar surface area (TPSA) is 59.5 Å². The standard InChI is InChI=1S/C16H19N5/c1-13-7-9-21-15(11-13)18-16(19-21)20(10-8-17)12-14-5-3-2-4-6-14/h2-7,9,11H,8,10,12,17H2,1H3. The largest absolute Gasteiger partial charge is 0.334 e. The number of hydrogen-bond acceptors (Lipinski definition) is 4. The lowest BCUT2D eigenvalue weighted by molar-refractivity contribution is 0.755. The fourth-order valence-corrected chi connectivity index (χ4v) is 2.32. The number of nitrogens with zero attached hydrogens (tertiary/aromatic N) is 4. The van der Waals surface area contributed by atoms with Gasteiger partial charge in [0, 0.05) is 25.8 Å². The molecule has 2 aromatic heterocycles. The minimum Gasteiger partial charge on any atom is -0.334 e. The van der Waals surface area contributed by atoms with Crippen molar-refractivity contribution < 1.29 is 0 Å². The molecule has 1 aromatic carbocycles. The number of anilines is 1. The predicted molar refractivity (Wildman–Crippen MR) is 84.3 cm³/mol. The molecule has 5 heteroatoms. The van der Waals surface area contributed by atoms with Crippen molar-refractivity contribution in [2.75, 3.05) is 18.0 Å². The van der Waals surface area contributed by atoms with E-state index in [-0.39, 0.29) is 0 Å². The minimum atomic E-state index is 0.571. The summed E-state index contributed by atoms with van der Waals surface area (Å²) in [5.74, 6) is 0.718. The van der Waals surface area contributed by atoms with Gasteiger partial charge in [-0.05, 0) is 30.2 Å². The smallest absolute Gasteiger partial charge is 0.246 e. The van der Waals surface area contributed by atoms with Gasteiger partial charge < -0.3 is 10.6 Å². The van der Waals surface area contributed by atoms with Crippen LogP contribution in [0.25, 0.3) is 5.65 Å². The summed E-state index contributed by atoms with van der Waals surface area (Å²) >= 11 is 0. The molecule has 0 aliphatic carbocycles. The molecule has 0 bridgehead atoms. The quantitative estimate of drug-likeness (QED) is 0.777. The Labute approximate surface area is 124 Å². The van der Waals surface area contributed by atoms with Crippen molar-refractivity contribution in [2.45, 2.75) is 13.5 Å². The molecule has 0 aliphatic rings. The normalized spacial score (nSPS) is 11.0. The van der Waals surface area contributed by atoms with Crippen LogP contribution in [0.5, 0.6) is 0 Å². The van der Waals surface area contributed by atoms with Gasteiger partial charge in [0.25, 0.3) is 0 Å². The van der Waals surface area contributed by atoms with Gasteiger partial charge in [0.05, 0.1) is 0 Å². The van der Waals surface area contributed by atoms with E-state index in [1.54, 1.807) is 4.52 Å². The maximum Gasteiger partial charge on any atom is 0.246 e. The summed E-state index contributed by atoms with van der Waals surface area (Å²) < 4.78 is 1.80. The predicted octanol–water partition coefficient (Wildman–Crippen LogP) is 2.00. The van der Waals surface area contributed by atoms with Crippen molar-refractivity contribution >= 4 is 11.6 Å². The number of hydrogen-bond donors (Lipinski definition) is 1. The highest BCUT2D eigenvalue weighted by Crippen LogP contribution is 2.14. The van der Waals surface area contributed by atoms with Crippen LogP contribution in [0, 0.1) is 6.92 Å². The molecule has 108 valence electrons. The molecule has 3 aromatic rings. The Kier molecular flexibility index (Phi) is 3.83. The average Bonchev–Trinajstić information content (AvgIpc) is 2.91. The lowest BCUT2D eigenvalue weighted by atomic mass is 10.2. The number of fused-ring (bicyclic) bond motifs is 1. The van der Waals surface area contributed by atoms with E-state index < -0.39 is 0 Å². The molecule has 0 amide bonds. The highest BCUT2D eigenvalue weighted by molar-refractivity contribution is 5.46. The summed E-state index contributed by atoms with van der Waals surface area (Å²) in [6.45, 7) is 4.11. The summed E-state index contributed by atoms with van der Waals surface area (Å²) in [7, 11) is 0. The van der Waals surface area contributed by atoms with Gasteiger partial charge in [0.15, 0.2) is 5.65 Å². The van der Waals surface area contributed by atoms with Gasteiger partial charge in [-0.1, -0.05) is 30.3 Å². The number of nitrogens with two attached hydrogens (primary N) is 1. The molecule has 0 saturated heterocycles. The molecule has 5 nitrogen and oxygen atoms in total. The molecule has 3 rings (SSSR count). The van der Waals surface area contributed by atoms with E-state index in [1.807, 2.05) is 36.5 Å². The molecule has 0 aliphatic heterocycles. The first-order valence-electron chi connectivity index (χ1n) is 7.08. The van der Waals surface area contributed by atoms with Crippen LogP contribution in [-0.2, 0) is 6.54 Å².